The van der Waals surface area contributed by atoms with E-state index in [9.17, 15) is 4.79 Å². The van der Waals surface area contributed by atoms with E-state index in [-0.39, 0.29) is 12.1 Å². The van der Waals surface area contributed by atoms with Crippen LogP contribution >= 0.6 is 0 Å². The zero-order valence-electron chi connectivity index (χ0n) is 10.2. The van der Waals surface area contributed by atoms with Crippen molar-refractivity contribution in [3.63, 3.8) is 0 Å². The van der Waals surface area contributed by atoms with E-state index < -0.39 is 0 Å². The zero-order valence-corrected chi connectivity index (χ0v) is 10.2. The summed E-state index contributed by atoms with van der Waals surface area (Å²) >= 11 is 0. The average molecular weight is 245 g/mol. The van der Waals surface area contributed by atoms with Gasteiger partial charge < -0.3 is 10.1 Å². The molecule has 1 aromatic carbocycles. The molecule has 1 fully saturated rings. The van der Waals surface area contributed by atoms with Gasteiger partial charge >= 0.3 is 6.09 Å². The molecular formula is C13H15N3O2. The van der Waals surface area contributed by atoms with Crippen LogP contribution in [0.1, 0.15) is 12.0 Å². The number of nitrogens with one attached hydrogen (secondary N) is 1. The number of hydrogen-bond acceptors (Lipinski definition) is 4. The number of nitriles is 1. The second-order valence-corrected chi connectivity index (χ2v) is 4.12. The molecule has 1 unspecified atom stereocenters. The van der Waals surface area contributed by atoms with E-state index in [1.807, 2.05) is 13.1 Å². The van der Waals surface area contributed by atoms with Gasteiger partial charge in [0.05, 0.1) is 17.3 Å². The molecule has 5 nitrogen and oxygen atoms in total. The largest absolute Gasteiger partial charge is 0.447 e. The molecular weight excluding hydrogens is 230 g/mol. The van der Waals surface area contributed by atoms with Crippen LogP contribution in [0.5, 0.6) is 0 Å². The van der Waals surface area contributed by atoms with Crippen LogP contribution in [0.25, 0.3) is 0 Å². The first-order valence-electron chi connectivity index (χ1n) is 5.87. The molecule has 0 radical (unpaired) electrons. The second-order valence-electron chi connectivity index (χ2n) is 4.12. The standard InChI is InChI=1S/C13H15N3O2/c1-15-7-6-11-9-18-13(17)16(11)12-5-3-2-4-10(12)8-14/h2-5,11,15H,6-7,9H2,1H3. The number of carbonyl (C=O) groups is 1. The summed E-state index contributed by atoms with van der Waals surface area (Å²) in [6.45, 7) is 1.17. The van der Waals surface area contributed by atoms with Gasteiger partial charge in [0, 0.05) is 0 Å². The summed E-state index contributed by atoms with van der Waals surface area (Å²) < 4.78 is 5.08. The lowest BCUT2D eigenvalue weighted by molar-refractivity contribution is 0.178. The number of carbonyl (C=O) groups excluding carboxylic acids is 1. The van der Waals surface area contributed by atoms with E-state index in [1.165, 1.54) is 0 Å². The molecule has 1 aliphatic rings. The van der Waals surface area contributed by atoms with Gasteiger partial charge in [-0.1, -0.05) is 12.1 Å². The first-order chi connectivity index (χ1) is 8.77. The molecule has 1 heterocycles. The molecule has 0 aromatic heterocycles. The number of amides is 1. The molecule has 1 N–H and O–H groups in total. The monoisotopic (exact) mass is 245 g/mol. The van der Waals surface area contributed by atoms with Crippen molar-refractivity contribution in [2.24, 2.45) is 0 Å². The first kappa shape index (κ1) is 12.4. The third-order valence-corrected chi connectivity index (χ3v) is 2.97. The second kappa shape index (κ2) is 5.52. The minimum Gasteiger partial charge on any atom is -0.447 e. The summed E-state index contributed by atoms with van der Waals surface area (Å²) in [5.41, 5.74) is 1.12. The van der Waals surface area contributed by atoms with E-state index in [4.69, 9.17) is 10.00 Å². The number of hydrogen-bond donors (Lipinski definition) is 1. The minimum absolute atomic E-state index is 0.0144. The quantitative estimate of drug-likeness (QED) is 0.872. The lowest BCUT2D eigenvalue weighted by atomic mass is 10.1. The maximum absolute atomic E-state index is 11.8. The summed E-state index contributed by atoms with van der Waals surface area (Å²) in [7, 11) is 1.87. The molecule has 1 aliphatic heterocycles. The highest BCUT2D eigenvalue weighted by atomic mass is 16.6. The summed E-state index contributed by atoms with van der Waals surface area (Å²) in [5, 5.41) is 12.1. The lowest BCUT2D eigenvalue weighted by Crippen LogP contribution is -2.35. The number of benzene rings is 1. The summed E-state index contributed by atoms with van der Waals surface area (Å²) in [6, 6.07) is 9.17. The van der Waals surface area contributed by atoms with Crippen LogP contribution in [0.15, 0.2) is 24.3 Å². The Kier molecular flexibility index (Phi) is 3.80. The molecule has 94 valence electrons. The van der Waals surface area contributed by atoms with Gasteiger partial charge in [0.25, 0.3) is 0 Å². The van der Waals surface area contributed by atoms with E-state index in [1.54, 1.807) is 23.1 Å². The Balaban J connectivity index is 2.28. The van der Waals surface area contributed by atoms with Crippen molar-refractivity contribution in [1.82, 2.24) is 5.32 Å². The number of ether oxygens (including phenoxy) is 1. The minimum atomic E-state index is -0.376. The smallest absolute Gasteiger partial charge is 0.414 e. The number of para-hydroxylation sites is 1. The molecule has 0 spiro atoms. The van der Waals surface area contributed by atoms with Gasteiger partial charge in [-0.15, -0.1) is 0 Å². The summed E-state index contributed by atoms with van der Waals surface area (Å²) in [6.07, 6.45) is 0.418. The Morgan fingerprint density at radius 1 is 1.56 bits per heavy atom. The van der Waals surface area contributed by atoms with Gasteiger partial charge in [0.15, 0.2) is 0 Å². The third kappa shape index (κ3) is 2.29. The average Bonchev–Trinajstić information content (AvgIpc) is 2.77. The highest BCUT2D eigenvalue weighted by Gasteiger charge is 2.34. The topological polar surface area (TPSA) is 65.4 Å². The van der Waals surface area contributed by atoms with E-state index >= 15 is 0 Å². The van der Waals surface area contributed by atoms with Crippen molar-refractivity contribution in [2.75, 3.05) is 25.1 Å². The normalized spacial score (nSPS) is 18.6. The number of anilines is 1. The van der Waals surface area contributed by atoms with Crippen molar-refractivity contribution in [3.8, 4) is 6.07 Å². The van der Waals surface area contributed by atoms with E-state index in [0.29, 0.717) is 17.9 Å². The van der Waals surface area contributed by atoms with Crippen LogP contribution in [-0.4, -0.2) is 32.3 Å². The van der Waals surface area contributed by atoms with Crippen LogP contribution in [0, 0.1) is 11.3 Å². The van der Waals surface area contributed by atoms with E-state index in [0.717, 1.165) is 13.0 Å². The molecule has 1 atom stereocenters. The fraction of sp³-hybridized carbons (Fsp3) is 0.385. The maximum atomic E-state index is 11.8. The van der Waals surface area contributed by atoms with Gasteiger partial charge in [-0.25, -0.2) is 4.79 Å². The Bertz CT molecular complexity index is 481. The Labute approximate surface area is 106 Å². The fourth-order valence-electron chi connectivity index (χ4n) is 2.06. The molecule has 2 rings (SSSR count). The lowest BCUT2D eigenvalue weighted by Gasteiger charge is -2.22. The third-order valence-electron chi connectivity index (χ3n) is 2.97. The fourth-order valence-corrected chi connectivity index (χ4v) is 2.06. The van der Waals surface area contributed by atoms with E-state index in [2.05, 4.69) is 11.4 Å². The van der Waals surface area contributed by atoms with Crippen molar-refractivity contribution < 1.29 is 9.53 Å². The number of cyclic esters (lactones) is 1. The summed E-state index contributed by atoms with van der Waals surface area (Å²) in [5.74, 6) is 0. The molecule has 0 bridgehead atoms. The predicted octanol–water partition coefficient (Wildman–Crippen LogP) is 1.49. The SMILES string of the molecule is CNCCC1COC(=O)N1c1ccccc1C#N. The molecule has 0 aliphatic carbocycles. The van der Waals surface area contributed by atoms with Crippen LogP contribution < -0.4 is 10.2 Å². The molecule has 1 amide bonds. The van der Waals surface area contributed by atoms with Gasteiger partial charge in [0.2, 0.25) is 0 Å². The van der Waals surface area contributed by atoms with Gasteiger partial charge in [-0.05, 0) is 32.1 Å². The Morgan fingerprint density at radius 2 is 2.33 bits per heavy atom. The molecule has 5 heteroatoms. The number of nitrogens with zero attached hydrogens (tertiary/aromatic N) is 2. The van der Waals surface area contributed by atoms with Crippen LogP contribution in [0.2, 0.25) is 0 Å². The van der Waals surface area contributed by atoms with Crippen molar-refractivity contribution >= 4 is 11.8 Å². The highest BCUT2D eigenvalue weighted by Crippen LogP contribution is 2.27. The molecule has 0 saturated carbocycles. The van der Waals surface area contributed by atoms with Crippen molar-refractivity contribution in [3.05, 3.63) is 29.8 Å². The van der Waals surface area contributed by atoms with Crippen LogP contribution in [0.4, 0.5) is 10.5 Å². The van der Waals surface area contributed by atoms with Crippen LogP contribution in [-0.2, 0) is 4.74 Å². The van der Waals surface area contributed by atoms with Crippen molar-refractivity contribution in [1.29, 1.82) is 5.26 Å². The predicted molar refractivity (Wildman–Crippen MR) is 67.3 cm³/mol. The van der Waals surface area contributed by atoms with Gasteiger partial charge in [0.1, 0.15) is 12.7 Å². The number of rotatable bonds is 4. The Hall–Kier alpha value is -2.06. The summed E-state index contributed by atoms with van der Waals surface area (Å²) in [4.78, 5) is 13.4. The van der Waals surface area contributed by atoms with Crippen LogP contribution in [0.3, 0.4) is 0 Å². The van der Waals surface area contributed by atoms with Gasteiger partial charge in [-0.2, -0.15) is 5.26 Å². The zero-order chi connectivity index (χ0) is 13.0. The first-order valence-corrected chi connectivity index (χ1v) is 5.87. The Morgan fingerprint density at radius 3 is 3.06 bits per heavy atom. The molecule has 1 saturated heterocycles. The van der Waals surface area contributed by atoms with Gasteiger partial charge in [-0.3, -0.25) is 4.90 Å². The molecule has 18 heavy (non-hydrogen) atoms. The van der Waals surface area contributed by atoms with Crippen molar-refractivity contribution in [2.45, 2.75) is 12.5 Å². The highest BCUT2D eigenvalue weighted by molar-refractivity contribution is 5.91. The maximum Gasteiger partial charge on any atom is 0.414 e. The molecule has 1 aromatic rings.